The first kappa shape index (κ1) is 24.6. The molecule has 0 saturated heterocycles. The molecule has 0 unspecified atom stereocenters. The van der Waals surface area contributed by atoms with Gasteiger partial charge >= 0.3 is 0 Å². The number of hydrogen-bond donors (Lipinski definition) is 1. The Morgan fingerprint density at radius 2 is 1.56 bits per heavy atom. The van der Waals surface area contributed by atoms with Gasteiger partial charge in [-0.25, -0.2) is 0 Å². The second-order valence-corrected chi connectivity index (χ2v) is 8.11. The number of amides is 2. The minimum absolute atomic E-state index is 0.107. The zero-order chi connectivity index (χ0) is 24.5. The third kappa shape index (κ3) is 6.28. The predicted molar refractivity (Wildman–Crippen MR) is 131 cm³/mol. The lowest BCUT2D eigenvalue weighted by Gasteiger charge is -2.32. The fourth-order valence-electron chi connectivity index (χ4n) is 3.92. The second-order valence-electron chi connectivity index (χ2n) is 8.11. The van der Waals surface area contributed by atoms with Crippen molar-refractivity contribution in [2.24, 2.45) is 0 Å². The van der Waals surface area contributed by atoms with Crippen LogP contribution < -0.4 is 5.32 Å². The fraction of sp³-hybridized carbons (Fsp3) is 0.259. The molecule has 3 aromatic rings. The Bertz CT molecular complexity index is 1150. The van der Waals surface area contributed by atoms with Crippen LogP contribution in [0.2, 0.25) is 0 Å². The Hall–Kier alpha value is -4.00. The molecular weight excluding hydrogens is 430 g/mol. The highest BCUT2D eigenvalue weighted by atomic mass is 16.6. The number of rotatable bonds is 10. The Kier molecular flexibility index (Phi) is 8.51. The number of carbonyl (C=O) groups is 2. The van der Waals surface area contributed by atoms with E-state index in [1.165, 1.54) is 6.07 Å². The Morgan fingerprint density at radius 3 is 2.21 bits per heavy atom. The van der Waals surface area contributed by atoms with Crippen LogP contribution in [0.3, 0.4) is 0 Å². The van der Waals surface area contributed by atoms with Crippen LogP contribution in [0, 0.1) is 17.0 Å². The lowest BCUT2D eigenvalue weighted by atomic mass is 10.00. The topological polar surface area (TPSA) is 92.6 Å². The lowest BCUT2D eigenvalue weighted by Crippen LogP contribution is -2.51. The standard InChI is InChI=1S/C27H29N3O4/c1-3-28-27(32)25(17-21-12-5-4-6-13-21)29(19-23-15-8-7-11-20(23)2)26(31)18-22-14-9-10-16-24(22)30(33)34/h4-16,25H,3,17-19H2,1-2H3,(H,28,32)/t25-/m1/s1. The van der Waals surface area contributed by atoms with Gasteiger partial charge in [0.1, 0.15) is 6.04 Å². The number of para-hydroxylation sites is 1. The van der Waals surface area contributed by atoms with E-state index >= 15 is 0 Å². The summed E-state index contributed by atoms with van der Waals surface area (Å²) in [4.78, 5) is 39.4. The van der Waals surface area contributed by atoms with Crippen molar-refractivity contribution in [1.29, 1.82) is 0 Å². The van der Waals surface area contributed by atoms with Crippen LogP contribution in [0.1, 0.15) is 29.2 Å². The van der Waals surface area contributed by atoms with Crippen LogP contribution in [-0.4, -0.2) is 34.2 Å². The van der Waals surface area contributed by atoms with Crippen LogP contribution in [0.25, 0.3) is 0 Å². The molecule has 0 spiro atoms. The van der Waals surface area contributed by atoms with Gasteiger partial charge in [-0.2, -0.15) is 0 Å². The highest BCUT2D eigenvalue weighted by molar-refractivity contribution is 5.89. The van der Waals surface area contributed by atoms with Crippen LogP contribution in [0.4, 0.5) is 5.69 Å². The van der Waals surface area contributed by atoms with Crippen molar-refractivity contribution in [2.45, 2.75) is 39.3 Å². The van der Waals surface area contributed by atoms with Crippen molar-refractivity contribution in [1.82, 2.24) is 10.2 Å². The zero-order valence-corrected chi connectivity index (χ0v) is 19.4. The van der Waals surface area contributed by atoms with Gasteiger partial charge in [0, 0.05) is 31.1 Å². The maximum absolute atomic E-state index is 13.7. The van der Waals surface area contributed by atoms with Crippen molar-refractivity contribution in [3.8, 4) is 0 Å². The molecule has 0 saturated carbocycles. The normalized spacial score (nSPS) is 11.5. The molecule has 2 amide bonds. The van der Waals surface area contributed by atoms with Crippen LogP contribution >= 0.6 is 0 Å². The zero-order valence-electron chi connectivity index (χ0n) is 19.4. The minimum Gasteiger partial charge on any atom is -0.355 e. The van der Waals surface area contributed by atoms with Gasteiger partial charge in [-0.15, -0.1) is 0 Å². The Morgan fingerprint density at radius 1 is 0.941 bits per heavy atom. The first-order valence-electron chi connectivity index (χ1n) is 11.3. The average molecular weight is 460 g/mol. The molecular formula is C27H29N3O4. The van der Waals surface area contributed by atoms with Crippen LogP contribution in [0.5, 0.6) is 0 Å². The number of hydrogen-bond acceptors (Lipinski definition) is 4. The number of nitro groups is 1. The van der Waals surface area contributed by atoms with E-state index in [0.717, 1.165) is 16.7 Å². The molecule has 0 aromatic heterocycles. The monoisotopic (exact) mass is 459 g/mol. The molecule has 176 valence electrons. The number of nitrogens with one attached hydrogen (secondary N) is 1. The summed E-state index contributed by atoms with van der Waals surface area (Å²) in [6.07, 6.45) is 0.162. The van der Waals surface area contributed by atoms with Gasteiger partial charge < -0.3 is 10.2 Å². The van der Waals surface area contributed by atoms with Crippen molar-refractivity contribution in [3.05, 3.63) is 111 Å². The molecule has 0 fully saturated rings. The highest BCUT2D eigenvalue weighted by Gasteiger charge is 2.31. The van der Waals surface area contributed by atoms with E-state index in [1.807, 2.05) is 68.4 Å². The molecule has 0 aliphatic rings. The summed E-state index contributed by atoms with van der Waals surface area (Å²) in [6.45, 7) is 4.44. The maximum Gasteiger partial charge on any atom is 0.273 e. The Balaban J connectivity index is 2.01. The molecule has 1 atom stereocenters. The van der Waals surface area contributed by atoms with Gasteiger partial charge in [0.25, 0.3) is 5.69 Å². The molecule has 7 nitrogen and oxygen atoms in total. The van der Waals surface area contributed by atoms with Gasteiger partial charge in [-0.3, -0.25) is 19.7 Å². The lowest BCUT2D eigenvalue weighted by molar-refractivity contribution is -0.385. The quantitative estimate of drug-likeness (QED) is 0.363. The van der Waals surface area contributed by atoms with Crippen molar-refractivity contribution >= 4 is 17.5 Å². The van der Waals surface area contributed by atoms with Crippen LogP contribution in [0.15, 0.2) is 78.9 Å². The first-order valence-corrected chi connectivity index (χ1v) is 11.3. The van der Waals surface area contributed by atoms with Crippen molar-refractivity contribution in [3.63, 3.8) is 0 Å². The molecule has 0 aliphatic heterocycles. The molecule has 0 heterocycles. The van der Waals surface area contributed by atoms with Gasteiger partial charge in [0.15, 0.2) is 0 Å². The van der Waals surface area contributed by atoms with Gasteiger partial charge in [0.2, 0.25) is 11.8 Å². The van der Waals surface area contributed by atoms with E-state index in [9.17, 15) is 19.7 Å². The van der Waals surface area contributed by atoms with E-state index in [0.29, 0.717) is 18.5 Å². The van der Waals surface area contributed by atoms with Crippen molar-refractivity contribution in [2.75, 3.05) is 6.54 Å². The van der Waals surface area contributed by atoms with Crippen LogP contribution in [-0.2, 0) is 29.0 Å². The summed E-state index contributed by atoms with van der Waals surface area (Å²) in [6, 6.07) is 22.7. The SMILES string of the molecule is CCNC(=O)[C@@H](Cc1ccccc1)N(Cc1ccccc1C)C(=O)Cc1ccccc1[N+](=O)[O-]. The molecule has 34 heavy (non-hydrogen) atoms. The molecule has 3 aromatic carbocycles. The van der Waals surface area contributed by atoms with Gasteiger partial charge in [-0.1, -0.05) is 72.8 Å². The van der Waals surface area contributed by atoms with E-state index < -0.39 is 11.0 Å². The average Bonchev–Trinajstić information content (AvgIpc) is 2.83. The third-order valence-electron chi connectivity index (χ3n) is 5.75. The first-order chi connectivity index (χ1) is 16.4. The van der Waals surface area contributed by atoms with E-state index in [4.69, 9.17) is 0 Å². The summed E-state index contributed by atoms with van der Waals surface area (Å²) in [5.41, 5.74) is 3.05. The molecule has 1 N–H and O–H groups in total. The number of aryl methyl sites for hydroxylation is 1. The van der Waals surface area contributed by atoms with E-state index in [1.54, 1.807) is 23.1 Å². The molecule has 3 rings (SSSR count). The summed E-state index contributed by atoms with van der Waals surface area (Å²) in [7, 11) is 0. The number of likely N-dealkylation sites (N-methyl/N-ethyl adjacent to an activating group) is 1. The predicted octanol–water partition coefficient (Wildman–Crippen LogP) is 4.22. The van der Waals surface area contributed by atoms with E-state index in [2.05, 4.69) is 5.32 Å². The summed E-state index contributed by atoms with van der Waals surface area (Å²) in [5, 5.41) is 14.3. The highest BCUT2D eigenvalue weighted by Crippen LogP contribution is 2.22. The second kappa shape index (κ2) is 11.7. The Labute approximate surface area is 199 Å². The number of nitrogens with zero attached hydrogens (tertiary/aromatic N) is 2. The summed E-state index contributed by atoms with van der Waals surface area (Å²) in [5.74, 6) is -0.597. The molecule has 0 aliphatic carbocycles. The number of carbonyl (C=O) groups excluding carboxylic acids is 2. The van der Waals surface area contributed by atoms with Gasteiger partial charge in [0.05, 0.1) is 11.3 Å². The smallest absolute Gasteiger partial charge is 0.273 e. The van der Waals surface area contributed by atoms with E-state index in [-0.39, 0.29) is 30.5 Å². The van der Waals surface area contributed by atoms with Crippen molar-refractivity contribution < 1.29 is 14.5 Å². The number of nitro benzene ring substituents is 1. The fourth-order valence-corrected chi connectivity index (χ4v) is 3.92. The largest absolute Gasteiger partial charge is 0.355 e. The maximum atomic E-state index is 13.7. The number of benzene rings is 3. The molecule has 0 bridgehead atoms. The minimum atomic E-state index is -0.766. The van der Waals surface area contributed by atoms with Gasteiger partial charge in [-0.05, 0) is 30.5 Å². The molecule has 7 heteroatoms. The third-order valence-corrected chi connectivity index (χ3v) is 5.75. The summed E-state index contributed by atoms with van der Waals surface area (Å²) < 4.78 is 0. The molecule has 0 radical (unpaired) electrons. The summed E-state index contributed by atoms with van der Waals surface area (Å²) >= 11 is 0.